The number of anilines is 1. The molecule has 6 heteroatoms. The van der Waals surface area contributed by atoms with Gasteiger partial charge in [0, 0.05) is 34.0 Å². The van der Waals surface area contributed by atoms with Crippen molar-refractivity contribution in [2.24, 2.45) is 0 Å². The minimum absolute atomic E-state index is 0.792. The molecule has 0 saturated heterocycles. The van der Waals surface area contributed by atoms with Crippen LogP contribution in [0.5, 0.6) is 0 Å². The molecule has 0 radical (unpaired) electrons. The highest BCUT2D eigenvalue weighted by Crippen LogP contribution is 2.32. The molecule has 19 heavy (non-hydrogen) atoms. The summed E-state index contributed by atoms with van der Waals surface area (Å²) in [6.07, 6.45) is 3.41. The topological polar surface area (TPSA) is 37.8 Å². The Morgan fingerprint density at radius 2 is 1.84 bits per heavy atom. The number of halogens is 2. The van der Waals surface area contributed by atoms with E-state index in [2.05, 4.69) is 53.2 Å². The zero-order chi connectivity index (χ0) is 13.2. The lowest BCUT2D eigenvalue weighted by Crippen LogP contribution is -1.97. The molecule has 1 N–H and O–H groups in total. The molecule has 0 aliphatic rings. The van der Waals surface area contributed by atoms with Crippen LogP contribution in [-0.4, -0.2) is 9.97 Å². The Morgan fingerprint density at radius 1 is 1.05 bits per heavy atom. The molecule has 3 nitrogen and oxygen atoms in total. The largest absolute Gasteiger partial charge is 0.380 e. The monoisotopic (exact) mass is 397 g/mol. The zero-order valence-corrected chi connectivity index (χ0v) is 13.7. The van der Waals surface area contributed by atoms with Gasteiger partial charge in [-0.15, -0.1) is 11.3 Å². The molecule has 0 aliphatic heterocycles. The van der Waals surface area contributed by atoms with Gasteiger partial charge in [-0.25, -0.2) is 0 Å². The number of aromatic nitrogens is 2. The Bertz CT molecular complexity index is 707. The summed E-state index contributed by atoms with van der Waals surface area (Å²) in [5.74, 6) is 0. The second-order valence-corrected chi connectivity index (χ2v) is 7.26. The summed E-state index contributed by atoms with van der Waals surface area (Å²) in [7, 11) is 0. The lowest BCUT2D eigenvalue weighted by Gasteiger charge is -2.05. The van der Waals surface area contributed by atoms with E-state index in [1.807, 2.05) is 18.2 Å². The highest BCUT2D eigenvalue weighted by atomic mass is 79.9. The van der Waals surface area contributed by atoms with E-state index in [0.29, 0.717) is 0 Å². The molecule has 96 valence electrons. The van der Waals surface area contributed by atoms with E-state index in [1.165, 1.54) is 4.88 Å². The molecule has 0 atom stereocenters. The number of rotatable bonds is 3. The zero-order valence-electron chi connectivity index (χ0n) is 9.73. The Morgan fingerprint density at radius 3 is 2.58 bits per heavy atom. The van der Waals surface area contributed by atoms with Crippen LogP contribution in [0.3, 0.4) is 0 Å². The van der Waals surface area contributed by atoms with Crippen LogP contribution in [0, 0.1) is 0 Å². The Kier molecular flexibility index (Phi) is 3.81. The van der Waals surface area contributed by atoms with Crippen molar-refractivity contribution in [3.05, 3.63) is 49.8 Å². The van der Waals surface area contributed by atoms with Crippen molar-refractivity contribution in [1.82, 2.24) is 9.97 Å². The summed E-state index contributed by atoms with van der Waals surface area (Å²) < 4.78 is 2.22. The second-order valence-electron chi connectivity index (χ2n) is 3.95. The first-order chi connectivity index (χ1) is 9.22. The van der Waals surface area contributed by atoms with E-state index in [4.69, 9.17) is 0 Å². The van der Waals surface area contributed by atoms with Gasteiger partial charge in [0.1, 0.15) is 0 Å². The molecule has 1 aromatic carbocycles. The van der Waals surface area contributed by atoms with Gasteiger partial charge in [0.05, 0.1) is 14.8 Å². The number of benzene rings is 1. The van der Waals surface area contributed by atoms with Crippen molar-refractivity contribution in [2.45, 2.75) is 6.54 Å². The number of hydrogen-bond donors (Lipinski definition) is 1. The predicted molar refractivity (Wildman–Crippen MR) is 86.6 cm³/mol. The van der Waals surface area contributed by atoms with Crippen LogP contribution in [0.2, 0.25) is 0 Å². The predicted octanol–water partition coefficient (Wildman–Crippen LogP) is 4.83. The van der Waals surface area contributed by atoms with Crippen molar-refractivity contribution >= 4 is 59.9 Å². The van der Waals surface area contributed by atoms with Crippen molar-refractivity contribution in [2.75, 3.05) is 5.32 Å². The molecule has 0 bridgehead atoms. The summed E-state index contributed by atoms with van der Waals surface area (Å²) in [5, 5.41) is 3.39. The molecule has 0 spiro atoms. The minimum Gasteiger partial charge on any atom is -0.380 e. The molecule has 2 aromatic heterocycles. The van der Waals surface area contributed by atoms with Gasteiger partial charge in [-0.05, 0) is 56.1 Å². The SMILES string of the molecule is Brc1cc(CNc2ccc3nccnc3c2)sc1Br. The summed E-state index contributed by atoms with van der Waals surface area (Å²) >= 11 is 8.71. The maximum atomic E-state index is 4.30. The summed E-state index contributed by atoms with van der Waals surface area (Å²) in [5.41, 5.74) is 2.87. The van der Waals surface area contributed by atoms with Gasteiger partial charge in [-0.1, -0.05) is 0 Å². The van der Waals surface area contributed by atoms with Gasteiger partial charge in [0.15, 0.2) is 0 Å². The first-order valence-corrected chi connectivity index (χ1v) is 8.01. The van der Waals surface area contributed by atoms with E-state index < -0.39 is 0 Å². The standard InChI is InChI=1S/C13H9Br2N3S/c14-10-6-9(19-13(10)15)7-18-8-1-2-11-12(5-8)17-4-3-16-11/h1-6,18H,7H2. The molecular weight excluding hydrogens is 390 g/mol. The molecular formula is C13H9Br2N3S. The van der Waals surface area contributed by atoms with Crippen molar-refractivity contribution in [1.29, 1.82) is 0 Å². The molecule has 0 fully saturated rings. The van der Waals surface area contributed by atoms with Gasteiger partial charge in [-0.3, -0.25) is 9.97 Å². The maximum absolute atomic E-state index is 4.30. The Balaban J connectivity index is 1.78. The van der Waals surface area contributed by atoms with Crippen LogP contribution in [0.25, 0.3) is 11.0 Å². The number of hydrogen-bond acceptors (Lipinski definition) is 4. The maximum Gasteiger partial charge on any atom is 0.0907 e. The van der Waals surface area contributed by atoms with Gasteiger partial charge < -0.3 is 5.32 Å². The fraction of sp³-hybridized carbons (Fsp3) is 0.0769. The Hall–Kier alpha value is -0.980. The molecule has 3 aromatic rings. The summed E-state index contributed by atoms with van der Waals surface area (Å²) in [6, 6.07) is 8.13. The first-order valence-electron chi connectivity index (χ1n) is 5.61. The van der Waals surface area contributed by atoms with Gasteiger partial charge in [-0.2, -0.15) is 0 Å². The van der Waals surface area contributed by atoms with Crippen LogP contribution in [-0.2, 0) is 6.54 Å². The molecule has 3 rings (SSSR count). The van der Waals surface area contributed by atoms with Crippen LogP contribution < -0.4 is 5.32 Å². The van der Waals surface area contributed by atoms with Gasteiger partial charge in [0.2, 0.25) is 0 Å². The third-order valence-electron chi connectivity index (χ3n) is 2.63. The first kappa shape index (κ1) is 13.0. The average molecular weight is 399 g/mol. The van der Waals surface area contributed by atoms with Crippen molar-refractivity contribution < 1.29 is 0 Å². The molecule has 2 heterocycles. The molecule has 0 unspecified atom stereocenters. The number of nitrogens with one attached hydrogen (secondary N) is 1. The molecule has 0 aliphatic carbocycles. The van der Waals surface area contributed by atoms with Crippen LogP contribution >= 0.6 is 43.2 Å². The van der Waals surface area contributed by atoms with Gasteiger partial charge in [0.25, 0.3) is 0 Å². The third-order valence-corrected chi connectivity index (χ3v) is 5.89. The summed E-state index contributed by atoms with van der Waals surface area (Å²) in [6.45, 7) is 0.792. The number of fused-ring (bicyclic) bond motifs is 1. The Labute approximate surface area is 131 Å². The molecule has 0 amide bonds. The second kappa shape index (κ2) is 5.56. The van der Waals surface area contributed by atoms with Crippen LogP contribution in [0.4, 0.5) is 5.69 Å². The van der Waals surface area contributed by atoms with E-state index in [9.17, 15) is 0 Å². The quantitative estimate of drug-likeness (QED) is 0.686. The van der Waals surface area contributed by atoms with E-state index >= 15 is 0 Å². The smallest absolute Gasteiger partial charge is 0.0907 e. The lowest BCUT2D eigenvalue weighted by molar-refractivity contribution is 1.19. The fourth-order valence-electron chi connectivity index (χ4n) is 1.74. The van der Waals surface area contributed by atoms with Gasteiger partial charge >= 0.3 is 0 Å². The third kappa shape index (κ3) is 2.96. The van der Waals surface area contributed by atoms with E-state index in [-0.39, 0.29) is 0 Å². The van der Waals surface area contributed by atoms with Crippen molar-refractivity contribution in [3.63, 3.8) is 0 Å². The van der Waals surface area contributed by atoms with Crippen LogP contribution in [0.15, 0.2) is 44.9 Å². The lowest BCUT2D eigenvalue weighted by atomic mass is 10.2. The van der Waals surface area contributed by atoms with E-state index in [0.717, 1.165) is 31.5 Å². The number of nitrogens with zero attached hydrogens (tertiary/aromatic N) is 2. The molecule has 0 saturated carbocycles. The van der Waals surface area contributed by atoms with Crippen molar-refractivity contribution in [3.8, 4) is 0 Å². The van der Waals surface area contributed by atoms with E-state index in [1.54, 1.807) is 23.7 Å². The fourth-order valence-corrected chi connectivity index (χ4v) is 3.86. The minimum atomic E-state index is 0.792. The summed E-state index contributed by atoms with van der Waals surface area (Å²) in [4.78, 5) is 9.82. The average Bonchev–Trinajstić information content (AvgIpc) is 2.75. The highest BCUT2D eigenvalue weighted by molar-refractivity contribution is 9.13. The normalized spacial score (nSPS) is 10.8. The van der Waals surface area contributed by atoms with Crippen LogP contribution in [0.1, 0.15) is 4.88 Å². The highest BCUT2D eigenvalue weighted by Gasteiger charge is 2.04. The number of thiophene rings is 1.